The molecule has 2 nitrogen and oxygen atoms in total. The highest BCUT2D eigenvalue weighted by Crippen LogP contribution is 2.33. The van der Waals surface area contributed by atoms with Crippen LogP contribution in [-0.2, 0) is 11.2 Å². The Morgan fingerprint density at radius 3 is 2.37 bits per heavy atom. The molecule has 0 heterocycles. The lowest BCUT2D eigenvalue weighted by Crippen LogP contribution is -2.28. The lowest BCUT2D eigenvalue weighted by atomic mass is 10.1. The van der Waals surface area contributed by atoms with Gasteiger partial charge in [-0.15, -0.1) is 0 Å². The smallest absolute Gasteiger partial charge is 0.229 e. The van der Waals surface area contributed by atoms with Gasteiger partial charge in [-0.2, -0.15) is 0 Å². The molecule has 1 saturated carbocycles. The Bertz CT molecular complexity index is 427. The van der Waals surface area contributed by atoms with Gasteiger partial charge in [0.15, 0.2) is 0 Å². The van der Waals surface area contributed by atoms with E-state index in [1.165, 1.54) is 17.4 Å². The summed E-state index contributed by atoms with van der Waals surface area (Å²) in [7, 11) is 1.65. The van der Waals surface area contributed by atoms with Crippen LogP contribution in [-0.4, -0.2) is 13.0 Å². The van der Waals surface area contributed by atoms with E-state index in [2.05, 4.69) is 13.8 Å². The molecule has 106 valence electrons. The molecule has 1 aromatic rings. The highest BCUT2D eigenvalue weighted by Gasteiger charge is 2.33. The first-order valence-corrected chi connectivity index (χ1v) is 7.11. The van der Waals surface area contributed by atoms with Gasteiger partial charge in [-0.05, 0) is 37.0 Å². The lowest BCUT2D eigenvalue weighted by Gasteiger charge is -2.18. The molecule has 0 aliphatic heterocycles. The summed E-state index contributed by atoms with van der Waals surface area (Å²) in [6.45, 7) is 6.26. The van der Waals surface area contributed by atoms with E-state index in [-0.39, 0.29) is 17.6 Å². The molecule has 1 aliphatic carbocycles. The average molecular weight is 265 g/mol. The van der Waals surface area contributed by atoms with Crippen LogP contribution in [0.25, 0.3) is 0 Å². The Morgan fingerprint density at radius 2 is 1.89 bits per heavy atom. The highest BCUT2D eigenvalue weighted by atomic mass is 19.1. The Hall–Kier alpha value is -1.38. The fourth-order valence-corrected chi connectivity index (χ4v) is 1.76. The third-order valence-electron chi connectivity index (χ3n) is 3.04. The monoisotopic (exact) mass is 265 g/mol. The van der Waals surface area contributed by atoms with Crippen molar-refractivity contribution in [1.82, 2.24) is 0 Å². The van der Waals surface area contributed by atoms with Crippen LogP contribution in [0.2, 0.25) is 0 Å². The second kappa shape index (κ2) is 7.27. The van der Waals surface area contributed by atoms with E-state index in [1.54, 1.807) is 19.2 Å². The van der Waals surface area contributed by atoms with Gasteiger partial charge in [0.1, 0.15) is 5.82 Å². The van der Waals surface area contributed by atoms with E-state index in [1.807, 2.05) is 6.92 Å². The van der Waals surface area contributed by atoms with Crippen molar-refractivity contribution in [1.29, 1.82) is 0 Å². The first kappa shape index (κ1) is 15.7. The number of rotatable bonds is 3. The SMILES string of the molecule is CCC.CCc1ccc(F)c(N(C)C(=O)C2CC2)c1. The second-order valence-corrected chi connectivity index (χ2v) is 5.02. The number of benzene rings is 1. The van der Waals surface area contributed by atoms with Gasteiger partial charge in [0, 0.05) is 13.0 Å². The lowest BCUT2D eigenvalue weighted by molar-refractivity contribution is -0.119. The zero-order chi connectivity index (χ0) is 14.4. The highest BCUT2D eigenvalue weighted by molar-refractivity contribution is 5.96. The Kier molecular flexibility index (Phi) is 6.00. The van der Waals surface area contributed by atoms with Crippen LogP contribution in [0.4, 0.5) is 10.1 Å². The van der Waals surface area contributed by atoms with E-state index >= 15 is 0 Å². The van der Waals surface area contributed by atoms with Crippen molar-refractivity contribution in [2.24, 2.45) is 5.92 Å². The fourth-order valence-electron chi connectivity index (χ4n) is 1.76. The molecule has 0 unspecified atom stereocenters. The zero-order valence-corrected chi connectivity index (χ0v) is 12.4. The molecule has 2 rings (SSSR count). The van der Waals surface area contributed by atoms with Gasteiger partial charge in [-0.1, -0.05) is 33.3 Å². The number of anilines is 1. The van der Waals surface area contributed by atoms with Gasteiger partial charge in [-0.25, -0.2) is 4.39 Å². The molecule has 0 aromatic heterocycles. The molecule has 1 aliphatic rings. The number of hydrogen-bond acceptors (Lipinski definition) is 1. The summed E-state index contributed by atoms with van der Waals surface area (Å²) in [5, 5.41) is 0. The molecule has 1 amide bonds. The number of carbonyl (C=O) groups excluding carboxylic acids is 1. The Morgan fingerprint density at radius 1 is 1.32 bits per heavy atom. The summed E-state index contributed by atoms with van der Waals surface area (Å²) in [6, 6.07) is 4.95. The van der Waals surface area contributed by atoms with E-state index in [0.717, 1.165) is 24.8 Å². The molecule has 0 bridgehead atoms. The first-order valence-electron chi connectivity index (χ1n) is 7.11. The van der Waals surface area contributed by atoms with Crippen LogP contribution in [0.1, 0.15) is 45.6 Å². The molecule has 1 aromatic carbocycles. The first-order chi connectivity index (χ1) is 9.04. The number of amides is 1. The quantitative estimate of drug-likeness (QED) is 0.803. The minimum Gasteiger partial charge on any atom is -0.313 e. The van der Waals surface area contributed by atoms with Crippen molar-refractivity contribution >= 4 is 11.6 Å². The minimum absolute atomic E-state index is 0.0344. The number of carbonyl (C=O) groups is 1. The van der Waals surface area contributed by atoms with E-state index in [9.17, 15) is 9.18 Å². The number of nitrogens with zero attached hydrogens (tertiary/aromatic N) is 1. The van der Waals surface area contributed by atoms with Crippen molar-refractivity contribution < 1.29 is 9.18 Å². The average Bonchev–Trinajstić information content (AvgIpc) is 3.23. The van der Waals surface area contributed by atoms with Crippen molar-refractivity contribution in [3.63, 3.8) is 0 Å². The van der Waals surface area contributed by atoms with E-state index in [0.29, 0.717) is 5.69 Å². The molecule has 0 radical (unpaired) electrons. The number of hydrogen-bond donors (Lipinski definition) is 0. The molecule has 19 heavy (non-hydrogen) atoms. The molecule has 1 fully saturated rings. The van der Waals surface area contributed by atoms with Crippen molar-refractivity contribution in [3.8, 4) is 0 Å². The molecule has 3 heteroatoms. The van der Waals surface area contributed by atoms with Gasteiger partial charge in [0.05, 0.1) is 5.69 Å². The maximum Gasteiger partial charge on any atom is 0.229 e. The Balaban J connectivity index is 0.000000550. The minimum atomic E-state index is -0.325. The van der Waals surface area contributed by atoms with Gasteiger partial charge in [0.2, 0.25) is 5.91 Å². The molecular formula is C16H24FNO. The van der Waals surface area contributed by atoms with E-state index in [4.69, 9.17) is 0 Å². The summed E-state index contributed by atoms with van der Waals surface area (Å²) in [5.41, 5.74) is 1.45. The Labute approximate surface area is 115 Å². The molecule has 0 spiro atoms. The number of aryl methyl sites for hydroxylation is 1. The van der Waals surface area contributed by atoms with E-state index < -0.39 is 0 Å². The predicted octanol–water partition coefficient (Wildman–Crippen LogP) is 4.18. The third kappa shape index (κ3) is 4.34. The fraction of sp³-hybridized carbons (Fsp3) is 0.562. The van der Waals surface area contributed by atoms with Crippen LogP contribution in [0, 0.1) is 11.7 Å². The molecule has 0 saturated heterocycles. The van der Waals surface area contributed by atoms with Crippen molar-refractivity contribution in [2.45, 2.75) is 46.5 Å². The third-order valence-corrected chi connectivity index (χ3v) is 3.04. The zero-order valence-electron chi connectivity index (χ0n) is 12.4. The predicted molar refractivity (Wildman–Crippen MR) is 77.9 cm³/mol. The standard InChI is InChI=1S/C13H16FNO.C3H8/c1-3-9-4-7-11(14)12(8-9)15(2)13(16)10-5-6-10;1-3-2/h4,7-8,10H,3,5-6H2,1-2H3;3H2,1-2H3. The maximum absolute atomic E-state index is 13.6. The largest absolute Gasteiger partial charge is 0.313 e. The van der Waals surface area contributed by atoms with Gasteiger partial charge in [-0.3, -0.25) is 4.79 Å². The second-order valence-electron chi connectivity index (χ2n) is 5.02. The molecule has 0 N–H and O–H groups in total. The summed E-state index contributed by atoms with van der Waals surface area (Å²) in [5.74, 6) is -0.171. The normalized spacial score (nSPS) is 13.5. The van der Waals surface area contributed by atoms with Crippen LogP contribution in [0.3, 0.4) is 0 Å². The number of halogens is 1. The van der Waals surface area contributed by atoms with Gasteiger partial charge >= 0.3 is 0 Å². The molecular weight excluding hydrogens is 241 g/mol. The van der Waals surface area contributed by atoms with Crippen molar-refractivity contribution in [2.75, 3.05) is 11.9 Å². The van der Waals surface area contributed by atoms with Crippen LogP contribution < -0.4 is 4.90 Å². The van der Waals surface area contributed by atoms with Crippen LogP contribution in [0.15, 0.2) is 18.2 Å². The summed E-state index contributed by atoms with van der Waals surface area (Å²) < 4.78 is 13.6. The van der Waals surface area contributed by atoms with Crippen LogP contribution >= 0.6 is 0 Å². The summed E-state index contributed by atoms with van der Waals surface area (Å²) in [4.78, 5) is 13.3. The summed E-state index contributed by atoms with van der Waals surface area (Å²) >= 11 is 0. The summed E-state index contributed by atoms with van der Waals surface area (Å²) in [6.07, 6.45) is 3.98. The topological polar surface area (TPSA) is 20.3 Å². The van der Waals surface area contributed by atoms with Crippen LogP contribution in [0.5, 0.6) is 0 Å². The van der Waals surface area contributed by atoms with Crippen molar-refractivity contribution in [3.05, 3.63) is 29.6 Å². The maximum atomic E-state index is 13.6. The van der Waals surface area contributed by atoms with Gasteiger partial charge < -0.3 is 4.90 Å². The molecule has 0 atom stereocenters. The van der Waals surface area contributed by atoms with Gasteiger partial charge in [0.25, 0.3) is 0 Å².